The summed E-state index contributed by atoms with van der Waals surface area (Å²) in [6.45, 7) is 1.05. The van der Waals surface area contributed by atoms with Gasteiger partial charge in [0.25, 0.3) is 0 Å². The second kappa shape index (κ2) is 6.32. The number of rotatable bonds is 4. The van der Waals surface area contributed by atoms with Gasteiger partial charge in [-0.15, -0.1) is 0 Å². The Morgan fingerprint density at radius 1 is 1.14 bits per heavy atom. The number of aliphatic hydroxyl groups is 1. The van der Waals surface area contributed by atoms with E-state index >= 15 is 0 Å². The zero-order valence-electron chi connectivity index (χ0n) is 12.1. The fourth-order valence-electron chi connectivity index (χ4n) is 3.27. The van der Waals surface area contributed by atoms with E-state index < -0.39 is 0 Å². The van der Waals surface area contributed by atoms with Crippen LogP contribution in [0.25, 0.3) is 10.8 Å². The van der Waals surface area contributed by atoms with Gasteiger partial charge in [-0.1, -0.05) is 47.3 Å². The smallest absolute Gasteiger partial charge is 0.133 e. The maximum Gasteiger partial charge on any atom is 0.133 e. The van der Waals surface area contributed by atoms with Gasteiger partial charge in [0.15, 0.2) is 0 Å². The summed E-state index contributed by atoms with van der Waals surface area (Å²) in [6.07, 6.45) is 7.77. The Hall–Kier alpha value is -1.13. The fourth-order valence-corrected chi connectivity index (χ4v) is 3.77. The molecule has 112 valence electrons. The van der Waals surface area contributed by atoms with Crippen molar-refractivity contribution in [2.45, 2.75) is 32.1 Å². The van der Waals surface area contributed by atoms with Gasteiger partial charge in [-0.25, -0.2) is 4.98 Å². The van der Waals surface area contributed by atoms with Gasteiger partial charge in [-0.05, 0) is 25.0 Å². The minimum Gasteiger partial charge on any atom is -0.396 e. The number of benzene rings is 1. The number of pyridine rings is 1. The van der Waals surface area contributed by atoms with Crippen molar-refractivity contribution in [1.82, 2.24) is 4.98 Å². The molecule has 1 heterocycles. The van der Waals surface area contributed by atoms with E-state index in [4.69, 9.17) is 0 Å². The Labute approximate surface area is 133 Å². The van der Waals surface area contributed by atoms with E-state index in [2.05, 4.69) is 32.3 Å². The summed E-state index contributed by atoms with van der Waals surface area (Å²) in [7, 11) is 0. The van der Waals surface area contributed by atoms with Gasteiger partial charge < -0.3 is 10.4 Å². The van der Waals surface area contributed by atoms with Gasteiger partial charge in [0.05, 0.1) is 6.61 Å². The van der Waals surface area contributed by atoms with Gasteiger partial charge >= 0.3 is 0 Å². The van der Waals surface area contributed by atoms with Crippen molar-refractivity contribution >= 4 is 32.5 Å². The van der Waals surface area contributed by atoms with Crippen LogP contribution in [0.1, 0.15) is 32.1 Å². The third-order valence-electron chi connectivity index (χ3n) is 4.63. The standard InChI is InChI=1S/C17H21BrN2O/c18-15-6-4-5-14-13(15)7-10-19-16(14)20-11-17(12-21)8-2-1-3-9-17/h4-7,10,21H,1-3,8-9,11-12H2,(H,19,20). The lowest BCUT2D eigenvalue weighted by molar-refractivity contribution is 0.0943. The molecule has 1 aromatic carbocycles. The summed E-state index contributed by atoms with van der Waals surface area (Å²) in [5, 5.41) is 15.6. The molecule has 0 unspecified atom stereocenters. The van der Waals surface area contributed by atoms with Crippen LogP contribution in [0.4, 0.5) is 5.82 Å². The summed E-state index contributed by atoms with van der Waals surface area (Å²) < 4.78 is 1.08. The zero-order valence-corrected chi connectivity index (χ0v) is 13.7. The summed E-state index contributed by atoms with van der Waals surface area (Å²) in [6, 6.07) is 8.18. The van der Waals surface area contributed by atoms with Gasteiger partial charge in [-0.2, -0.15) is 0 Å². The number of halogens is 1. The van der Waals surface area contributed by atoms with Gasteiger partial charge in [0.1, 0.15) is 5.82 Å². The molecular formula is C17H21BrN2O. The van der Waals surface area contributed by atoms with E-state index in [0.717, 1.165) is 40.4 Å². The molecule has 2 aromatic rings. The maximum atomic E-state index is 9.81. The van der Waals surface area contributed by atoms with Crippen LogP contribution in [0.5, 0.6) is 0 Å². The van der Waals surface area contributed by atoms with Crippen LogP contribution in [0.3, 0.4) is 0 Å². The second-order valence-electron chi connectivity index (χ2n) is 6.07. The first-order valence-electron chi connectivity index (χ1n) is 7.62. The van der Waals surface area contributed by atoms with Crippen molar-refractivity contribution in [2.75, 3.05) is 18.5 Å². The van der Waals surface area contributed by atoms with Crippen LogP contribution in [0.2, 0.25) is 0 Å². The normalized spacial score (nSPS) is 17.8. The lowest BCUT2D eigenvalue weighted by atomic mass is 9.74. The zero-order chi connectivity index (χ0) is 14.7. The molecule has 1 aliphatic carbocycles. The molecule has 0 amide bonds. The molecule has 1 saturated carbocycles. The van der Waals surface area contributed by atoms with Crippen molar-refractivity contribution < 1.29 is 5.11 Å². The summed E-state index contributed by atoms with van der Waals surface area (Å²) in [4.78, 5) is 4.48. The average Bonchev–Trinajstić information content (AvgIpc) is 2.54. The lowest BCUT2D eigenvalue weighted by Crippen LogP contribution is -2.35. The number of nitrogens with one attached hydrogen (secondary N) is 1. The van der Waals surface area contributed by atoms with Crippen LogP contribution in [0.15, 0.2) is 34.9 Å². The van der Waals surface area contributed by atoms with E-state index in [1.807, 2.05) is 24.4 Å². The Bertz CT molecular complexity index is 623. The summed E-state index contributed by atoms with van der Waals surface area (Å²) in [5.74, 6) is 0.909. The monoisotopic (exact) mass is 348 g/mol. The summed E-state index contributed by atoms with van der Waals surface area (Å²) >= 11 is 3.59. The highest BCUT2D eigenvalue weighted by Crippen LogP contribution is 2.36. The molecule has 0 bridgehead atoms. The molecule has 0 atom stereocenters. The SMILES string of the molecule is OCC1(CNc2nccc3c(Br)cccc23)CCCCC1. The fraction of sp³-hybridized carbons (Fsp3) is 0.471. The third-order valence-corrected chi connectivity index (χ3v) is 5.32. The van der Waals surface area contributed by atoms with Crippen molar-refractivity contribution in [3.63, 3.8) is 0 Å². The van der Waals surface area contributed by atoms with E-state index in [-0.39, 0.29) is 12.0 Å². The van der Waals surface area contributed by atoms with E-state index in [1.165, 1.54) is 19.3 Å². The van der Waals surface area contributed by atoms with E-state index in [1.54, 1.807) is 0 Å². The predicted molar refractivity (Wildman–Crippen MR) is 90.5 cm³/mol. The molecular weight excluding hydrogens is 328 g/mol. The minimum absolute atomic E-state index is 0.0219. The number of hydrogen-bond acceptors (Lipinski definition) is 3. The molecule has 1 aliphatic rings. The van der Waals surface area contributed by atoms with Crippen molar-refractivity contribution in [2.24, 2.45) is 5.41 Å². The molecule has 2 N–H and O–H groups in total. The number of anilines is 1. The molecule has 1 fully saturated rings. The molecule has 0 aliphatic heterocycles. The molecule has 0 saturated heterocycles. The highest BCUT2D eigenvalue weighted by atomic mass is 79.9. The van der Waals surface area contributed by atoms with Crippen LogP contribution < -0.4 is 5.32 Å². The third kappa shape index (κ3) is 3.06. The van der Waals surface area contributed by atoms with Gasteiger partial charge in [0.2, 0.25) is 0 Å². The number of fused-ring (bicyclic) bond motifs is 1. The molecule has 4 heteroatoms. The highest BCUT2D eigenvalue weighted by Gasteiger charge is 2.31. The molecule has 1 aromatic heterocycles. The Morgan fingerprint density at radius 2 is 1.95 bits per heavy atom. The number of aliphatic hydroxyl groups excluding tert-OH is 1. The maximum absolute atomic E-state index is 9.81. The molecule has 21 heavy (non-hydrogen) atoms. The Morgan fingerprint density at radius 3 is 2.71 bits per heavy atom. The largest absolute Gasteiger partial charge is 0.396 e. The first-order valence-corrected chi connectivity index (χ1v) is 8.41. The first-order chi connectivity index (χ1) is 10.2. The molecule has 3 nitrogen and oxygen atoms in total. The van der Waals surface area contributed by atoms with Crippen molar-refractivity contribution in [3.8, 4) is 0 Å². The number of nitrogens with zero attached hydrogens (tertiary/aromatic N) is 1. The van der Waals surface area contributed by atoms with Crippen LogP contribution in [0, 0.1) is 5.41 Å². The first kappa shape index (κ1) is 14.8. The highest BCUT2D eigenvalue weighted by molar-refractivity contribution is 9.10. The van der Waals surface area contributed by atoms with Crippen LogP contribution >= 0.6 is 15.9 Å². The minimum atomic E-state index is 0.0219. The van der Waals surface area contributed by atoms with E-state index in [9.17, 15) is 5.11 Å². The second-order valence-corrected chi connectivity index (χ2v) is 6.92. The van der Waals surface area contributed by atoms with Gasteiger partial charge in [0, 0.05) is 33.4 Å². The lowest BCUT2D eigenvalue weighted by Gasteiger charge is -2.35. The number of hydrogen-bond donors (Lipinski definition) is 2. The van der Waals surface area contributed by atoms with Crippen LogP contribution in [-0.4, -0.2) is 23.2 Å². The van der Waals surface area contributed by atoms with Gasteiger partial charge in [-0.3, -0.25) is 0 Å². The summed E-state index contributed by atoms with van der Waals surface area (Å²) in [5.41, 5.74) is 0.0219. The molecule has 0 radical (unpaired) electrons. The number of aromatic nitrogens is 1. The van der Waals surface area contributed by atoms with Crippen molar-refractivity contribution in [3.05, 3.63) is 34.9 Å². The Balaban J connectivity index is 1.83. The Kier molecular flexibility index (Phi) is 4.45. The molecule has 3 rings (SSSR count). The topological polar surface area (TPSA) is 45.1 Å². The molecule has 0 spiro atoms. The van der Waals surface area contributed by atoms with Crippen LogP contribution in [-0.2, 0) is 0 Å². The van der Waals surface area contributed by atoms with E-state index in [0.29, 0.717) is 0 Å². The average molecular weight is 349 g/mol. The predicted octanol–water partition coefficient (Wildman–Crippen LogP) is 4.35. The van der Waals surface area contributed by atoms with Crippen molar-refractivity contribution in [1.29, 1.82) is 0 Å². The quantitative estimate of drug-likeness (QED) is 0.863.